The Kier molecular flexibility index (Phi) is 6.95. The second kappa shape index (κ2) is 9.42. The maximum Gasteiger partial charge on any atom is 0.242 e. The number of anilines is 2. The van der Waals surface area contributed by atoms with Gasteiger partial charge in [-0.15, -0.1) is 0 Å². The fourth-order valence-electron chi connectivity index (χ4n) is 3.05. The molecule has 0 aliphatic carbocycles. The molecular weight excluding hydrogens is 493 g/mol. The molecule has 9 heteroatoms. The van der Waals surface area contributed by atoms with Crippen LogP contribution in [0.4, 0.5) is 11.5 Å². The van der Waals surface area contributed by atoms with Gasteiger partial charge in [0.1, 0.15) is 15.3 Å². The number of carbonyl (C=O) groups is 1. The van der Waals surface area contributed by atoms with Crippen molar-refractivity contribution in [2.24, 2.45) is 0 Å². The molecule has 0 atom stereocenters. The van der Waals surface area contributed by atoms with Crippen molar-refractivity contribution in [3.8, 4) is 5.75 Å². The minimum Gasteiger partial charge on any atom is -0.495 e. The third kappa shape index (κ3) is 4.85. The van der Waals surface area contributed by atoms with Gasteiger partial charge >= 0.3 is 0 Å². The predicted octanol–water partition coefficient (Wildman–Crippen LogP) is 3.26. The zero-order valence-electron chi connectivity index (χ0n) is 15.4. The summed E-state index contributed by atoms with van der Waals surface area (Å²) in [7, 11) is 1.60. The molecule has 1 saturated heterocycles. The van der Waals surface area contributed by atoms with Crippen LogP contribution in [0.2, 0.25) is 5.02 Å². The molecule has 148 valence electrons. The topological polar surface area (TPSA) is 81.6 Å². The third-order valence-electron chi connectivity index (χ3n) is 4.58. The second-order valence-electron chi connectivity index (χ2n) is 6.25. The number of amides is 1. The van der Waals surface area contributed by atoms with Crippen molar-refractivity contribution in [3.05, 3.63) is 47.1 Å². The molecule has 1 fully saturated rings. The first-order chi connectivity index (χ1) is 13.5. The molecule has 28 heavy (non-hydrogen) atoms. The molecule has 1 aliphatic heterocycles. The van der Waals surface area contributed by atoms with Crippen LogP contribution in [0.25, 0.3) is 0 Å². The number of benzene rings is 1. The number of nitrogens with zero attached hydrogens (tertiary/aromatic N) is 3. The number of piperazine rings is 1. The van der Waals surface area contributed by atoms with E-state index in [-0.39, 0.29) is 12.5 Å². The molecule has 1 aromatic heterocycles. The van der Waals surface area contributed by atoms with Crippen LogP contribution in [0.15, 0.2) is 36.5 Å². The Morgan fingerprint density at radius 3 is 2.75 bits per heavy atom. The van der Waals surface area contributed by atoms with Crippen LogP contribution in [-0.2, 0) is 4.79 Å². The number of rotatable bonds is 6. The molecule has 0 bridgehead atoms. The van der Waals surface area contributed by atoms with Gasteiger partial charge < -0.3 is 19.9 Å². The normalized spacial score (nSPS) is 14.0. The number of ether oxygens (including phenoxy) is 1. The largest absolute Gasteiger partial charge is 0.495 e. The average Bonchev–Trinajstić information content (AvgIpc) is 2.72. The number of nitrogens with one attached hydrogen (secondary N) is 2. The first kappa shape index (κ1) is 20.7. The maximum atomic E-state index is 12.6. The monoisotopic (exact) mass is 513 g/mol. The molecule has 0 spiro atoms. The van der Waals surface area contributed by atoms with Crippen molar-refractivity contribution in [1.82, 2.24) is 9.88 Å². The predicted molar refractivity (Wildman–Crippen MR) is 120 cm³/mol. The van der Waals surface area contributed by atoms with Crippen LogP contribution in [0, 0.1) is 5.41 Å². The molecule has 2 N–H and O–H groups in total. The molecule has 0 unspecified atom stereocenters. The van der Waals surface area contributed by atoms with Crippen LogP contribution in [0.5, 0.6) is 5.75 Å². The zero-order valence-corrected chi connectivity index (χ0v) is 18.3. The van der Waals surface area contributed by atoms with E-state index in [1.165, 1.54) is 0 Å². The zero-order chi connectivity index (χ0) is 20.1. The van der Waals surface area contributed by atoms with E-state index in [0.29, 0.717) is 39.0 Å². The van der Waals surface area contributed by atoms with Gasteiger partial charge in [0.2, 0.25) is 5.91 Å². The average molecular weight is 514 g/mol. The standard InChI is InChI=1S/C19H21ClIN5O2/c1-28-16-11-13(4-5-15(16)20)25-7-9-26(10-8-25)17(27)12-24-19-14(18(21)22)3-2-6-23-19/h2-6,11,22H,7-10,12H2,1H3,(H,23,24). The number of methoxy groups -OCH3 is 1. The number of hydrogen-bond donors (Lipinski definition) is 2. The Morgan fingerprint density at radius 2 is 2.07 bits per heavy atom. The van der Waals surface area contributed by atoms with Gasteiger partial charge in [0.15, 0.2) is 0 Å². The van der Waals surface area contributed by atoms with Crippen LogP contribution in [-0.4, -0.2) is 59.3 Å². The van der Waals surface area contributed by atoms with Crippen molar-refractivity contribution in [2.45, 2.75) is 0 Å². The Morgan fingerprint density at radius 1 is 1.32 bits per heavy atom. The molecule has 1 aromatic carbocycles. The van der Waals surface area contributed by atoms with E-state index < -0.39 is 0 Å². The molecule has 7 nitrogen and oxygen atoms in total. The van der Waals surface area contributed by atoms with Crippen molar-refractivity contribution < 1.29 is 9.53 Å². The molecule has 2 aromatic rings. The van der Waals surface area contributed by atoms with E-state index in [1.807, 2.05) is 51.8 Å². The van der Waals surface area contributed by atoms with E-state index in [2.05, 4.69) is 15.2 Å². The Labute approximate surface area is 182 Å². The number of hydrogen-bond acceptors (Lipinski definition) is 6. The fraction of sp³-hybridized carbons (Fsp3) is 0.316. The van der Waals surface area contributed by atoms with Crippen LogP contribution >= 0.6 is 34.2 Å². The Bertz CT molecular complexity index is 871. The van der Waals surface area contributed by atoms with Crippen LogP contribution in [0.3, 0.4) is 0 Å². The molecule has 3 rings (SSSR count). The van der Waals surface area contributed by atoms with E-state index in [4.69, 9.17) is 21.7 Å². The van der Waals surface area contributed by atoms with Crippen molar-refractivity contribution in [1.29, 1.82) is 5.41 Å². The van der Waals surface area contributed by atoms with Crippen molar-refractivity contribution in [2.75, 3.05) is 50.1 Å². The number of aromatic nitrogens is 1. The lowest BCUT2D eigenvalue weighted by Crippen LogP contribution is -2.50. The highest BCUT2D eigenvalue weighted by molar-refractivity contribution is 14.1. The van der Waals surface area contributed by atoms with Crippen molar-refractivity contribution in [3.63, 3.8) is 0 Å². The van der Waals surface area contributed by atoms with E-state index >= 15 is 0 Å². The minimum atomic E-state index is 0.0185. The summed E-state index contributed by atoms with van der Waals surface area (Å²) in [5.41, 5.74) is 1.72. The van der Waals surface area contributed by atoms with Crippen molar-refractivity contribution >= 4 is 55.3 Å². The summed E-state index contributed by atoms with van der Waals surface area (Å²) >= 11 is 8.03. The summed E-state index contributed by atoms with van der Waals surface area (Å²) in [6.45, 7) is 2.92. The van der Waals surface area contributed by atoms with Gasteiger partial charge in [-0.2, -0.15) is 0 Å². The lowest BCUT2D eigenvalue weighted by atomic mass is 10.2. The smallest absolute Gasteiger partial charge is 0.242 e. The quantitative estimate of drug-likeness (QED) is 0.458. The third-order valence-corrected chi connectivity index (χ3v) is 5.48. The van der Waals surface area contributed by atoms with E-state index in [1.54, 1.807) is 19.4 Å². The molecule has 1 amide bonds. The van der Waals surface area contributed by atoms with Gasteiger partial charge in [0.25, 0.3) is 0 Å². The van der Waals surface area contributed by atoms with Crippen LogP contribution in [0.1, 0.15) is 5.56 Å². The Hall–Kier alpha value is -2.07. The molecule has 1 aliphatic rings. The summed E-state index contributed by atoms with van der Waals surface area (Å²) < 4.78 is 5.67. The molecule has 0 radical (unpaired) electrons. The van der Waals surface area contributed by atoms with E-state index in [9.17, 15) is 4.79 Å². The lowest BCUT2D eigenvalue weighted by Gasteiger charge is -2.36. The first-order valence-electron chi connectivity index (χ1n) is 8.79. The number of pyridine rings is 1. The summed E-state index contributed by atoms with van der Waals surface area (Å²) in [6.07, 6.45) is 1.65. The minimum absolute atomic E-state index is 0.0185. The fourth-order valence-corrected chi connectivity index (χ4v) is 3.68. The molecule has 2 heterocycles. The molecular formula is C19H21ClIN5O2. The van der Waals surface area contributed by atoms with Gasteiger partial charge in [-0.3, -0.25) is 10.2 Å². The van der Waals surface area contributed by atoms with E-state index in [0.717, 1.165) is 18.8 Å². The van der Waals surface area contributed by atoms with Gasteiger partial charge in [-0.1, -0.05) is 11.6 Å². The highest BCUT2D eigenvalue weighted by atomic mass is 127. The summed E-state index contributed by atoms with van der Waals surface area (Å²) in [6, 6.07) is 9.30. The highest BCUT2D eigenvalue weighted by Crippen LogP contribution is 2.29. The van der Waals surface area contributed by atoms with Gasteiger partial charge in [-0.25, -0.2) is 4.98 Å². The molecule has 0 saturated carbocycles. The first-order valence-corrected chi connectivity index (χ1v) is 10.2. The summed E-state index contributed by atoms with van der Waals surface area (Å²) in [4.78, 5) is 20.9. The Balaban J connectivity index is 1.55. The van der Waals surface area contributed by atoms with Crippen LogP contribution < -0.4 is 15.0 Å². The van der Waals surface area contributed by atoms with Gasteiger partial charge in [0.05, 0.1) is 18.7 Å². The van der Waals surface area contributed by atoms with Gasteiger partial charge in [0, 0.05) is 49.7 Å². The maximum absolute atomic E-state index is 12.6. The lowest BCUT2D eigenvalue weighted by molar-refractivity contribution is -0.129. The number of carbonyl (C=O) groups excluding carboxylic acids is 1. The summed E-state index contributed by atoms with van der Waals surface area (Å²) in [5, 5.41) is 11.4. The highest BCUT2D eigenvalue weighted by Gasteiger charge is 2.22. The number of halogens is 2. The SMILES string of the molecule is COc1cc(N2CCN(C(=O)CNc3ncccc3C(=N)I)CC2)ccc1Cl. The summed E-state index contributed by atoms with van der Waals surface area (Å²) in [5.74, 6) is 1.22. The van der Waals surface area contributed by atoms with Gasteiger partial charge in [-0.05, 0) is 46.9 Å². The second-order valence-corrected chi connectivity index (χ2v) is 7.74.